The van der Waals surface area contributed by atoms with Gasteiger partial charge in [0, 0.05) is 99.9 Å². The van der Waals surface area contributed by atoms with Crippen molar-refractivity contribution < 1.29 is 18.8 Å². The van der Waals surface area contributed by atoms with Crippen LogP contribution in [0, 0.1) is 5.92 Å². The summed E-state index contributed by atoms with van der Waals surface area (Å²) < 4.78 is 16.6. The monoisotopic (exact) mass is 660 g/mol. The van der Waals surface area contributed by atoms with Gasteiger partial charge >= 0.3 is 6.03 Å². The molecule has 0 saturated carbocycles. The number of amides is 4. The molecule has 2 N–H and O–H groups in total. The van der Waals surface area contributed by atoms with E-state index in [4.69, 9.17) is 5.10 Å². The highest BCUT2D eigenvalue weighted by Crippen LogP contribution is 2.35. The molecular formula is C36H49FN8O3. The Morgan fingerprint density at radius 1 is 1.02 bits per heavy atom. The van der Waals surface area contributed by atoms with E-state index in [2.05, 4.69) is 36.3 Å². The van der Waals surface area contributed by atoms with Crippen molar-refractivity contribution >= 4 is 29.2 Å². The van der Waals surface area contributed by atoms with E-state index in [1.807, 2.05) is 65.2 Å². The zero-order valence-electron chi connectivity index (χ0n) is 29.2. The van der Waals surface area contributed by atoms with Crippen molar-refractivity contribution in [3.8, 4) is 0 Å². The lowest BCUT2D eigenvalue weighted by Crippen LogP contribution is -2.44. The number of piperidine rings is 1. The molecule has 2 aliphatic heterocycles. The van der Waals surface area contributed by atoms with Crippen LogP contribution < -0.4 is 15.5 Å². The van der Waals surface area contributed by atoms with Crippen LogP contribution in [0.2, 0.25) is 0 Å². The van der Waals surface area contributed by atoms with Gasteiger partial charge in [-0.25, -0.2) is 9.18 Å². The number of hydrogen-bond acceptors (Lipinski definition) is 6. The van der Waals surface area contributed by atoms with Crippen LogP contribution in [0.5, 0.6) is 0 Å². The summed E-state index contributed by atoms with van der Waals surface area (Å²) in [6, 6.07) is 14.8. The number of nitrogens with zero attached hydrogens (tertiary/aromatic N) is 6. The molecule has 3 aromatic rings. The van der Waals surface area contributed by atoms with Crippen LogP contribution in [0.3, 0.4) is 0 Å². The Morgan fingerprint density at radius 2 is 1.71 bits per heavy atom. The van der Waals surface area contributed by atoms with E-state index >= 15 is 0 Å². The third-order valence-corrected chi connectivity index (χ3v) is 9.34. The van der Waals surface area contributed by atoms with Gasteiger partial charge < -0.3 is 30.2 Å². The fourth-order valence-electron chi connectivity index (χ4n) is 6.59. The molecule has 2 aliphatic rings. The van der Waals surface area contributed by atoms with Gasteiger partial charge in [0.25, 0.3) is 11.8 Å². The zero-order chi connectivity index (χ0) is 34.7. The normalized spacial score (nSPS) is 19.5. The number of likely N-dealkylation sites (tertiary alicyclic amines) is 1. The molecule has 4 amide bonds. The molecule has 0 bridgehead atoms. The minimum absolute atomic E-state index is 0.0868. The zero-order valence-corrected chi connectivity index (χ0v) is 29.2. The Bertz CT molecular complexity index is 1600. The maximum absolute atomic E-state index is 14.6. The number of rotatable bonds is 9. The average molecular weight is 661 g/mol. The molecule has 0 aliphatic carbocycles. The summed E-state index contributed by atoms with van der Waals surface area (Å²) in [7, 11) is 7.03. The smallest absolute Gasteiger partial charge is 0.321 e. The van der Waals surface area contributed by atoms with E-state index in [0.717, 1.165) is 42.0 Å². The Hall–Kier alpha value is -4.45. The molecule has 1 fully saturated rings. The summed E-state index contributed by atoms with van der Waals surface area (Å²) in [6.45, 7) is 9.49. The fourth-order valence-corrected chi connectivity index (χ4v) is 6.59. The van der Waals surface area contributed by atoms with E-state index in [-0.39, 0.29) is 35.7 Å². The Kier molecular flexibility index (Phi) is 10.7. The minimum atomic E-state index is -0.936. The maximum Gasteiger partial charge on any atom is 0.321 e. The predicted molar refractivity (Wildman–Crippen MR) is 186 cm³/mol. The van der Waals surface area contributed by atoms with Crippen LogP contribution in [0.25, 0.3) is 0 Å². The molecule has 0 radical (unpaired) electrons. The number of urea groups is 1. The van der Waals surface area contributed by atoms with E-state index in [0.29, 0.717) is 43.1 Å². The van der Waals surface area contributed by atoms with Crippen molar-refractivity contribution in [2.45, 2.75) is 58.4 Å². The number of alkyl halides is 1. The third kappa shape index (κ3) is 7.81. The number of carbonyl (C=O) groups is 3. The molecule has 1 aromatic heterocycles. The first-order chi connectivity index (χ1) is 22.8. The number of aromatic nitrogens is 2. The lowest BCUT2D eigenvalue weighted by atomic mass is 9.94. The number of carbonyl (C=O) groups excluding carboxylic acids is 3. The van der Waals surface area contributed by atoms with Gasteiger partial charge in [0.2, 0.25) is 0 Å². The Labute approximate surface area is 283 Å². The fraction of sp³-hybridized carbons (Fsp3) is 0.500. The van der Waals surface area contributed by atoms with Crippen LogP contribution in [0.4, 0.5) is 20.6 Å². The van der Waals surface area contributed by atoms with Gasteiger partial charge in [-0.2, -0.15) is 5.10 Å². The summed E-state index contributed by atoms with van der Waals surface area (Å²) >= 11 is 0. The summed E-state index contributed by atoms with van der Waals surface area (Å²) in [5.41, 5.74) is 5.48. The second kappa shape index (κ2) is 14.8. The molecule has 0 unspecified atom stereocenters. The van der Waals surface area contributed by atoms with Gasteiger partial charge in [-0.15, -0.1) is 0 Å². The number of halogens is 1. The molecular weight excluding hydrogens is 611 g/mol. The van der Waals surface area contributed by atoms with Gasteiger partial charge in [-0.05, 0) is 75.8 Å². The van der Waals surface area contributed by atoms with Crippen LogP contribution in [0.1, 0.15) is 76.8 Å². The van der Waals surface area contributed by atoms with E-state index in [1.165, 1.54) is 4.90 Å². The highest BCUT2D eigenvalue weighted by molar-refractivity contribution is 5.95. The number of benzene rings is 2. The molecule has 12 heteroatoms. The SMILES string of the molecule is CC(C)n1nc(C(=O)NCc2ccc(NC(=O)N(C)C)cc2)c2c1[C@@H](C)CN(c1ccc(C(=O)N(C)C[C@H]3CCN(C)C[C@H]3F)cc1)C2. The summed E-state index contributed by atoms with van der Waals surface area (Å²) in [5.74, 6) is -0.397. The average Bonchev–Trinajstić information content (AvgIpc) is 3.46. The first kappa shape index (κ1) is 34.9. The molecule has 2 aromatic carbocycles. The van der Waals surface area contributed by atoms with E-state index in [1.54, 1.807) is 26.0 Å². The van der Waals surface area contributed by atoms with Crippen LogP contribution in [-0.4, -0.2) is 103 Å². The lowest BCUT2D eigenvalue weighted by molar-refractivity contribution is 0.0605. The van der Waals surface area contributed by atoms with Crippen LogP contribution in [-0.2, 0) is 13.1 Å². The highest BCUT2D eigenvalue weighted by Gasteiger charge is 2.33. The van der Waals surface area contributed by atoms with Gasteiger partial charge in [0.1, 0.15) is 6.17 Å². The highest BCUT2D eigenvalue weighted by atomic mass is 19.1. The number of anilines is 2. The number of fused-ring (bicyclic) bond motifs is 1. The lowest BCUT2D eigenvalue weighted by Gasteiger charge is -2.35. The third-order valence-electron chi connectivity index (χ3n) is 9.34. The van der Waals surface area contributed by atoms with Crippen molar-refractivity contribution in [1.82, 2.24) is 29.8 Å². The first-order valence-corrected chi connectivity index (χ1v) is 16.7. The maximum atomic E-state index is 14.6. The van der Waals surface area contributed by atoms with Crippen molar-refractivity contribution in [2.24, 2.45) is 5.92 Å². The summed E-state index contributed by atoms with van der Waals surface area (Å²) in [6.07, 6.45) is -0.197. The Balaban J connectivity index is 1.26. The molecule has 1 saturated heterocycles. The second-order valence-electron chi connectivity index (χ2n) is 13.8. The van der Waals surface area contributed by atoms with Gasteiger partial charge in [-0.3, -0.25) is 14.3 Å². The van der Waals surface area contributed by atoms with Crippen molar-refractivity contribution in [1.29, 1.82) is 0 Å². The van der Waals surface area contributed by atoms with E-state index in [9.17, 15) is 18.8 Å². The minimum Gasteiger partial charge on any atom is -0.366 e. The van der Waals surface area contributed by atoms with Crippen LogP contribution >= 0.6 is 0 Å². The van der Waals surface area contributed by atoms with Crippen molar-refractivity contribution in [2.75, 3.05) is 64.6 Å². The molecule has 5 rings (SSSR count). The van der Waals surface area contributed by atoms with E-state index < -0.39 is 6.17 Å². The predicted octanol–water partition coefficient (Wildman–Crippen LogP) is 4.97. The second-order valence-corrected chi connectivity index (χ2v) is 13.8. The summed E-state index contributed by atoms with van der Waals surface area (Å²) in [4.78, 5) is 46.1. The topological polar surface area (TPSA) is 106 Å². The Morgan fingerprint density at radius 3 is 2.33 bits per heavy atom. The molecule has 48 heavy (non-hydrogen) atoms. The molecule has 3 heterocycles. The quantitative estimate of drug-likeness (QED) is 0.336. The standard InChI is InChI=1S/C36H49FN8O3/c1-23(2)45-33-24(3)19-44(29-14-10-26(11-15-29)35(47)43(7)20-27-16-17-42(6)22-31(27)37)21-30(33)32(40-45)34(46)38-18-25-8-12-28(13-9-25)39-36(48)41(4)5/h8-15,23-24,27,31H,16-22H2,1-7H3,(H,38,46)(H,39,48)/t24-,27+,31+/m0/s1. The van der Waals surface area contributed by atoms with Gasteiger partial charge in [0.15, 0.2) is 5.69 Å². The summed E-state index contributed by atoms with van der Waals surface area (Å²) in [5, 5.41) is 10.6. The van der Waals surface area contributed by atoms with Crippen LogP contribution in [0.15, 0.2) is 48.5 Å². The molecule has 0 spiro atoms. The van der Waals surface area contributed by atoms with Crippen molar-refractivity contribution in [3.05, 3.63) is 76.6 Å². The van der Waals surface area contributed by atoms with Gasteiger partial charge in [-0.1, -0.05) is 19.1 Å². The van der Waals surface area contributed by atoms with Gasteiger partial charge in [0.05, 0.1) is 0 Å². The first-order valence-electron chi connectivity index (χ1n) is 16.7. The number of nitrogens with one attached hydrogen (secondary N) is 2. The number of hydrogen-bond donors (Lipinski definition) is 2. The molecule has 258 valence electrons. The van der Waals surface area contributed by atoms with Crippen molar-refractivity contribution in [3.63, 3.8) is 0 Å². The molecule has 11 nitrogen and oxygen atoms in total. The largest absolute Gasteiger partial charge is 0.366 e. The molecule has 3 atom stereocenters.